The van der Waals surface area contributed by atoms with Crippen molar-refractivity contribution in [3.63, 3.8) is 0 Å². The molecule has 3 aromatic carbocycles. The summed E-state index contributed by atoms with van der Waals surface area (Å²) < 4.78 is 22.1. The van der Waals surface area contributed by atoms with E-state index in [0.29, 0.717) is 45.1 Å². The Morgan fingerprint density at radius 1 is 1.00 bits per heavy atom. The number of para-hydroxylation sites is 1. The Kier molecular flexibility index (Phi) is 8.29. The topological polar surface area (TPSA) is 67.5 Å². The lowest BCUT2D eigenvalue weighted by molar-refractivity contribution is 0.0512. The number of nitrogens with zero attached hydrogens (tertiary/aromatic N) is 3. The smallest absolute Gasteiger partial charge is 0.355 e. The van der Waals surface area contributed by atoms with Gasteiger partial charge < -0.3 is 18.8 Å². The second-order valence-corrected chi connectivity index (χ2v) is 10.9. The van der Waals surface area contributed by atoms with E-state index in [4.69, 9.17) is 19.3 Å². The number of carbonyl (C=O) groups is 1. The van der Waals surface area contributed by atoms with Crippen LogP contribution < -0.4 is 4.74 Å². The SMILES string of the molecule is CCOC(=O)c1c(CCCOc2cccc3ccccc23)c2cccc3c2n1CCCCOCCc1c-3c(C)nn1C. The first-order chi connectivity index (χ1) is 20.6. The minimum absolute atomic E-state index is 0.268. The lowest BCUT2D eigenvalue weighted by Gasteiger charge is -2.16. The molecule has 0 amide bonds. The molecule has 1 aliphatic rings. The van der Waals surface area contributed by atoms with Gasteiger partial charge in [0.05, 0.1) is 31.0 Å². The van der Waals surface area contributed by atoms with Gasteiger partial charge in [-0.1, -0.05) is 54.6 Å². The van der Waals surface area contributed by atoms with Gasteiger partial charge in [0.15, 0.2) is 0 Å². The van der Waals surface area contributed by atoms with E-state index in [-0.39, 0.29) is 5.97 Å². The van der Waals surface area contributed by atoms with Crippen LogP contribution in [-0.2, 0) is 35.9 Å². The van der Waals surface area contributed by atoms with Crippen LogP contribution in [0, 0.1) is 6.92 Å². The van der Waals surface area contributed by atoms with Crippen LogP contribution in [0.1, 0.15) is 53.6 Å². The molecule has 1 aliphatic heterocycles. The highest BCUT2D eigenvalue weighted by molar-refractivity contribution is 6.05. The van der Waals surface area contributed by atoms with Gasteiger partial charge in [-0.05, 0) is 56.5 Å². The highest BCUT2D eigenvalue weighted by Gasteiger charge is 2.27. The Morgan fingerprint density at radius 2 is 1.81 bits per heavy atom. The number of aromatic nitrogens is 3. The largest absolute Gasteiger partial charge is 0.493 e. The van der Waals surface area contributed by atoms with Gasteiger partial charge in [-0.2, -0.15) is 5.10 Å². The molecule has 0 radical (unpaired) electrons. The van der Waals surface area contributed by atoms with Crippen LogP contribution in [0.15, 0.2) is 60.7 Å². The first kappa shape index (κ1) is 28.0. The summed E-state index contributed by atoms with van der Waals surface area (Å²) in [5, 5.41) is 8.16. The third-order valence-corrected chi connectivity index (χ3v) is 8.25. The average molecular weight is 566 g/mol. The molecule has 2 aromatic heterocycles. The molecular weight excluding hydrogens is 526 g/mol. The third-order valence-electron chi connectivity index (χ3n) is 8.25. The van der Waals surface area contributed by atoms with Gasteiger partial charge in [0.1, 0.15) is 11.4 Å². The van der Waals surface area contributed by atoms with Gasteiger partial charge in [-0.25, -0.2) is 4.79 Å². The van der Waals surface area contributed by atoms with Crippen LogP contribution in [-0.4, -0.2) is 46.7 Å². The normalized spacial score (nSPS) is 13.9. The van der Waals surface area contributed by atoms with Crippen LogP contribution >= 0.6 is 0 Å². The maximum Gasteiger partial charge on any atom is 0.355 e. The molecule has 7 heteroatoms. The fourth-order valence-corrected chi connectivity index (χ4v) is 6.43. The summed E-state index contributed by atoms with van der Waals surface area (Å²) in [5.41, 5.74) is 7.14. The average Bonchev–Trinajstić information content (AvgIpc) is 3.46. The van der Waals surface area contributed by atoms with Crippen molar-refractivity contribution >= 4 is 27.6 Å². The second-order valence-electron chi connectivity index (χ2n) is 10.9. The van der Waals surface area contributed by atoms with Crippen molar-refractivity contribution in [1.82, 2.24) is 14.3 Å². The Balaban J connectivity index is 1.42. The maximum atomic E-state index is 13.6. The van der Waals surface area contributed by atoms with Gasteiger partial charge >= 0.3 is 5.97 Å². The standard InChI is InChI=1S/C35H39N3O4/c1-4-41-35(39)34-28(17-11-22-42-31-18-9-13-25-12-5-6-14-26(25)31)27-15-10-16-29-32-24(2)36-37(3)30(32)19-23-40-21-8-7-20-38(34)33(27)29/h5-6,9-10,12-16,18H,4,7-8,11,17,19-23H2,1-3H3. The first-order valence-corrected chi connectivity index (χ1v) is 15.1. The molecule has 0 saturated heterocycles. The minimum Gasteiger partial charge on any atom is -0.493 e. The molecule has 5 aromatic rings. The van der Waals surface area contributed by atoms with E-state index in [9.17, 15) is 4.79 Å². The molecule has 0 bridgehead atoms. The number of hydrogen-bond acceptors (Lipinski definition) is 5. The Bertz CT molecular complexity index is 1730. The van der Waals surface area contributed by atoms with Gasteiger partial charge in [0.25, 0.3) is 0 Å². The van der Waals surface area contributed by atoms with Crippen LogP contribution in [0.25, 0.3) is 32.8 Å². The Morgan fingerprint density at radius 3 is 2.69 bits per heavy atom. The number of hydrogen-bond donors (Lipinski definition) is 0. The molecule has 0 fully saturated rings. The molecule has 0 unspecified atom stereocenters. The zero-order chi connectivity index (χ0) is 29.1. The van der Waals surface area contributed by atoms with Crippen molar-refractivity contribution in [1.29, 1.82) is 0 Å². The number of fused-ring (bicyclic) bond motifs is 3. The van der Waals surface area contributed by atoms with E-state index in [2.05, 4.69) is 47.9 Å². The molecule has 7 nitrogen and oxygen atoms in total. The fourth-order valence-electron chi connectivity index (χ4n) is 6.43. The number of carbonyl (C=O) groups excluding carboxylic acids is 1. The van der Waals surface area contributed by atoms with Crippen LogP contribution in [0.4, 0.5) is 0 Å². The summed E-state index contributed by atoms with van der Waals surface area (Å²) >= 11 is 0. The monoisotopic (exact) mass is 565 g/mol. The first-order valence-electron chi connectivity index (χ1n) is 15.1. The maximum absolute atomic E-state index is 13.6. The predicted molar refractivity (Wildman–Crippen MR) is 166 cm³/mol. The van der Waals surface area contributed by atoms with Crippen LogP contribution in [0.5, 0.6) is 5.75 Å². The highest BCUT2D eigenvalue weighted by atomic mass is 16.5. The number of rotatable bonds is 7. The van der Waals surface area contributed by atoms with Crippen molar-refractivity contribution in [2.75, 3.05) is 26.4 Å². The predicted octanol–water partition coefficient (Wildman–Crippen LogP) is 7.04. The molecule has 218 valence electrons. The van der Waals surface area contributed by atoms with Crippen molar-refractivity contribution in [2.45, 2.75) is 52.5 Å². The van der Waals surface area contributed by atoms with E-state index in [1.54, 1.807) is 0 Å². The summed E-state index contributed by atoms with van der Waals surface area (Å²) in [6.07, 6.45) is 4.09. The van der Waals surface area contributed by atoms with E-state index in [1.165, 1.54) is 0 Å². The summed E-state index contributed by atoms with van der Waals surface area (Å²) in [5.74, 6) is 0.617. The van der Waals surface area contributed by atoms with Crippen molar-refractivity contribution < 1.29 is 19.0 Å². The molecule has 0 atom stereocenters. The quantitative estimate of drug-likeness (QED) is 0.156. The molecule has 0 N–H and O–H groups in total. The number of ether oxygens (including phenoxy) is 3. The molecule has 42 heavy (non-hydrogen) atoms. The second kappa shape index (κ2) is 12.4. The number of esters is 1. The molecule has 0 spiro atoms. The summed E-state index contributed by atoms with van der Waals surface area (Å²) in [7, 11) is 2.00. The highest BCUT2D eigenvalue weighted by Crippen LogP contribution is 2.39. The van der Waals surface area contributed by atoms with Crippen molar-refractivity contribution in [2.24, 2.45) is 7.05 Å². The zero-order valence-corrected chi connectivity index (χ0v) is 24.8. The molecule has 0 saturated carbocycles. The van der Waals surface area contributed by atoms with Gasteiger partial charge in [-0.3, -0.25) is 4.68 Å². The van der Waals surface area contributed by atoms with E-state index in [1.807, 2.05) is 42.9 Å². The number of benzene rings is 3. The van der Waals surface area contributed by atoms with Gasteiger partial charge in [-0.15, -0.1) is 0 Å². The van der Waals surface area contributed by atoms with Crippen molar-refractivity contribution in [3.8, 4) is 16.9 Å². The van der Waals surface area contributed by atoms with Gasteiger partial charge in [0.2, 0.25) is 0 Å². The minimum atomic E-state index is -0.268. The van der Waals surface area contributed by atoms with E-state index in [0.717, 1.165) is 81.2 Å². The summed E-state index contributed by atoms with van der Waals surface area (Å²) in [6.45, 7) is 6.89. The molecule has 0 aliphatic carbocycles. The summed E-state index contributed by atoms with van der Waals surface area (Å²) in [4.78, 5) is 13.6. The van der Waals surface area contributed by atoms with Crippen LogP contribution in [0.2, 0.25) is 0 Å². The van der Waals surface area contributed by atoms with Gasteiger partial charge in [0, 0.05) is 54.2 Å². The molecule has 3 heterocycles. The third kappa shape index (κ3) is 5.29. The molecule has 6 rings (SSSR count). The van der Waals surface area contributed by atoms with E-state index >= 15 is 0 Å². The Labute approximate surface area is 247 Å². The lowest BCUT2D eigenvalue weighted by atomic mass is 9.97. The van der Waals surface area contributed by atoms with Crippen molar-refractivity contribution in [3.05, 3.63) is 83.3 Å². The molecular formula is C35H39N3O4. The van der Waals surface area contributed by atoms with Crippen LogP contribution in [0.3, 0.4) is 0 Å². The lowest BCUT2D eigenvalue weighted by Crippen LogP contribution is -2.16. The Hall–Kier alpha value is -4.10. The number of aryl methyl sites for hydroxylation is 4. The van der Waals surface area contributed by atoms with E-state index < -0.39 is 0 Å². The zero-order valence-electron chi connectivity index (χ0n) is 24.8. The summed E-state index contributed by atoms with van der Waals surface area (Å²) in [6, 6.07) is 20.8. The fraction of sp³-hybridized carbons (Fsp3) is 0.371.